The molecule has 0 aliphatic carbocycles. The van der Waals surface area contributed by atoms with Crippen molar-refractivity contribution in [1.82, 2.24) is 20.4 Å². The number of carbonyl (C=O) groups excluding carboxylic acids is 4. The number of carbonyl (C=O) groups is 4. The van der Waals surface area contributed by atoms with Gasteiger partial charge in [-0.15, -0.1) is 0 Å². The molecular weight excluding hydrogens is 1070 g/mol. The van der Waals surface area contributed by atoms with Crippen LogP contribution in [0.15, 0.2) is 261 Å². The number of rotatable bonds is 15. The molecule has 0 bridgehead atoms. The number of hydrogen-bond acceptors (Lipinski definition) is 5. The Hall–Kier alpha value is -10.9. The normalized spacial score (nSPS) is 10.9. The zero-order valence-corrected chi connectivity index (χ0v) is 46.4. The van der Waals surface area contributed by atoms with E-state index in [-0.39, 0.29) is 23.3 Å². The van der Waals surface area contributed by atoms with Crippen molar-refractivity contribution < 1.29 is 32.3 Å². The first-order chi connectivity index (χ1) is 41.2. The zero-order chi connectivity index (χ0) is 59.3. The summed E-state index contributed by atoms with van der Waals surface area (Å²) in [4.78, 5) is 52.3. The number of nitrogens with zero attached hydrogens (tertiary/aromatic N) is 2. The van der Waals surface area contributed by atoms with Crippen LogP contribution in [0.2, 0.25) is 0 Å². The van der Waals surface area contributed by atoms with Crippen LogP contribution in [0.25, 0.3) is 50.3 Å². The molecule has 10 aromatic carbocycles. The second-order valence-corrected chi connectivity index (χ2v) is 20.1. The van der Waals surface area contributed by atoms with E-state index < -0.39 is 17.6 Å². The average molecular weight is 1130 g/mol. The lowest BCUT2D eigenvalue weighted by Crippen LogP contribution is -2.23. The van der Waals surface area contributed by atoms with Gasteiger partial charge in [-0.1, -0.05) is 188 Å². The molecule has 4 amide bonds. The molecule has 0 spiro atoms. The highest BCUT2D eigenvalue weighted by Gasteiger charge is 2.30. The summed E-state index contributed by atoms with van der Waals surface area (Å²) in [5.74, 6) is -1.20. The molecule has 85 heavy (non-hydrogen) atoms. The van der Waals surface area contributed by atoms with Crippen molar-refractivity contribution in [3.8, 4) is 50.3 Å². The standard InChI is InChI=1S/C38H29F3N4O2.C34H28N2O2/c1-25-22-35(28-8-3-2-4-9-28)45(44-25)32-20-14-26(15-21-32)24-42-36(46)29-10-7-11-31(23-29)43-37(47)34-13-6-5-12-33(34)27-16-18-30(19-17-27)38(39,40)41;1-24-14-18-26(19-15-24)27-20-16-25(17-21-27)23-35-33(37)29-10-7-11-30(22-29)36-34(38)32-13-6-5-12-31(32)28-8-3-2-4-9-28/h2-23H,24H2,1H3,(H,42,46)(H,43,47);2-22H,23H2,1H3,(H,35,37)(H,36,38). The van der Waals surface area contributed by atoms with Gasteiger partial charge in [0.2, 0.25) is 0 Å². The summed E-state index contributed by atoms with van der Waals surface area (Å²) in [6.07, 6.45) is -4.45. The van der Waals surface area contributed by atoms with Crippen molar-refractivity contribution in [2.24, 2.45) is 0 Å². The van der Waals surface area contributed by atoms with Crippen LogP contribution < -0.4 is 21.3 Å². The Labute approximate surface area is 490 Å². The molecule has 0 radical (unpaired) electrons. The van der Waals surface area contributed by atoms with Crippen molar-refractivity contribution >= 4 is 35.0 Å². The van der Waals surface area contributed by atoms with Crippen LogP contribution in [0.4, 0.5) is 24.5 Å². The van der Waals surface area contributed by atoms with Gasteiger partial charge in [-0.3, -0.25) is 19.2 Å². The molecule has 0 unspecified atom stereocenters. The van der Waals surface area contributed by atoms with Crippen molar-refractivity contribution in [2.75, 3.05) is 10.6 Å². The lowest BCUT2D eigenvalue weighted by Gasteiger charge is -2.13. The molecule has 1 aromatic heterocycles. The SMILES string of the molecule is Cc1cc(-c2ccccc2)n(-c2ccc(CNC(=O)c3cccc(NC(=O)c4ccccc4-c4ccc(C(F)(F)F)cc4)c3)cc2)n1.Cc1ccc(-c2ccc(CNC(=O)c3cccc(NC(=O)c4ccccc4-c4ccccc4)c3)cc2)cc1. The maximum Gasteiger partial charge on any atom is 0.416 e. The van der Waals surface area contributed by atoms with E-state index in [9.17, 15) is 32.3 Å². The fraction of sp³-hybridized carbons (Fsp3) is 0.0694. The Morgan fingerprint density at radius 1 is 0.412 bits per heavy atom. The minimum Gasteiger partial charge on any atom is -0.348 e. The van der Waals surface area contributed by atoms with Crippen molar-refractivity contribution in [1.29, 1.82) is 0 Å². The topological polar surface area (TPSA) is 134 Å². The first-order valence-corrected chi connectivity index (χ1v) is 27.4. The first-order valence-electron chi connectivity index (χ1n) is 27.4. The summed E-state index contributed by atoms with van der Waals surface area (Å²) in [6.45, 7) is 4.73. The Balaban J connectivity index is 0.000000193. The predicted molar refractivity (Wildman–Crippen MR) is 330 cm³/mol. The van der Waals surface area contributed by atoms with E-state index in [1.54, 1.807) is 78.9 Å². The van der Waals surface area contributed by atoms with Crippen LogP contribution in [-0.2, 0) is 19.3 Å². The quantitative estimate of drug-likeness (QED) is 0.0811. The summed E-state index contributed by atoms with van der Waals surface area (Å²) in [5.41, 5.74) is 14.0. The molecule has 0 saturated carbocycles. The van der Waals surface area contributed by atoms with Crippen LogP contribution in [-0.4, -0.2) is 33.4 Å². The third kappa shape index (κ3) is 14.6. The van der Waals surface area contributed by atoms with Gasteiger partial charge < -0.3 is 21.3 Å². The maximum absolute atomic E-state index is 13.3. The molecule has 0 atom stereocenters. The molecule has 0 saturated heterocycles. The molecule has 420 valence electrons. The van der Waals surface area contributed by atoms with E-state index in [0.717, 1.165) is 68.2 Å². The van der Waals surface area contributed by atoms with Gasteiger partial charge in [0.05, 0.1) is 22.6 Å². The highest BCUT2D eigenvalue weighted by atomic mass is 19.4. The molecule has 10 nitrogen and oxygen atoms in total. The molecule has 0 aliphatic heterocycles. The molecule has 0 aliphatic rings. The summed E-state index contributed by atoms with van der Waals surface area (Å²) < 4.78 is 41.0. The average Bonchev–Trinajstić information content (AvgIpc) is 3.85. The zero-order valence-electron chi connectivity index (χ0n) is 46.4. The molecule has 13 heteroatoms. The molecule has 11 aromatic rings. The van der Waals surface area contributed by atoms with Gasteiger partial charge in [0.25, 0.3) is 23.6 Å². The molecule has 1 heterocycles. The maximum atomic E-state index is 13.3. The smallest absolute Gasteiger partial charge is 0.348 e. The van der Waals surface area contributed by atoms with Crippen LogP contribution in [0, 0.1) is 13.8 Å². The highest BCUT2D eigenvalue weighted by molar-refractivity contribution is 6.10. The summed E-state index contributed by atoms with van der Waals surface area (Å²) in [5, 5.41) is 16.3. The van der Waals surface area contributed by atoms with Crippen molar-refractivity contribution in [3.63, 3.8) is 0 Å². The summed E-state index contributed by atoms with van der Waals surface area (Å²) >= 11 is 0. The third-order valence-electron chi connectivity index (χ3n) is 14.0. The minimum atomic E-state index is -4.45. The molecule has 0 fully saturated rings. The largest absolute Gasteiger partial charge is 0.416 e. The number of hydrogen-bond donors (Lipinski definition) is 4. The van der Waals surface area contributed by atoms with Crippen molar-refractivity contribution in [2.45, 2.75) is 33.1 Å². The lowest BCUT2D eigenvalue weighted by atomic mass is 9.98. The monoisotopic (exact) mass is 1130 g/mol. The number of anilines is 2. The minimum absolute atomic E-state index is 0.201. The summed E-state index contributed by atoms with van der Waals surface area (Å²) in [6, 6.07) is 78.6. The number of alkyl halides is 3. The van der Waals surface area contributed by atoms with E-state index in [1.807, 2.05) is 133 Å². The third-order valence-corrected chi connectivity index (χ3v) is 14.0. The van der Waals surface area contributed by atoms with Gasteiger partial charge in [-0.2, -0.15) is 18.3 Å². The first kappa shape index (κ1) is 57.3. The van der Waals surface area contributed by atoms with E-state index in [0.29, 0.717) is 52.3 Å². The fourth-order valence-corrected chi connectivity index (χ4v) is 9.59. The number of nitrogens with one attached hydrogen (secondary N) is 4. The lowest BCUT2D eigenvalue weighted by molar-refractivity contribution is -0.137. The van der Waals surface area contributed by atoms with Crippen LogP contribution in [0.3, 0.4) is 0 Å². The van der Waals surface area contributed by atoms with Gasteiger partial charge in [0.1, 0.15) is 0 Å². The van der Waals surface area contributed by atoms with Crippen LogP contribution in [0.1, 0.15) is 69.4 Å². The Morgan fingerprint density at radius 2 is 0.835 bits per heavy atom. The Bertz CT molecular complexity index is 4130. The van der Waals surface area contributed by atoms with Crippen LogP contribution in [0.5, 0.6) is 0 Å². The number of halogens is 3. The van der Waals surface area contributed by atoms with Crippen molar-refractivity contribution in [3.05, 3.63) is 311 Å². The van der Waals surface area contributed by atoms with E-state index in [1.165, 1.54) is 17.7 Å². The molecular formula is C72H57F3N6O4. The molecule has 4 N–H and O–H groups in total. The van der Waals surface area contributed by atoms with E-state index in [2.05, 4.69) is 69.7 Å². The highest BCUT2D eigenvalue weighted by Crippen LogP contribution is 2.33. The number of aromatic nitrogens is 2. The predicted octanol–water partition coefficient (Wildman–Crippen LogP) is 16.2. The Morgan fingerprint density at radius 3 is 1.33 bits per heavy atom. The Kier molecular flexibility index (Phi) is 17.8. The van der Waals surface area contributed by atoms with Crippen LogP contribution >= 0.6 is 0 Å². The second kappa shape index (κ2) is 26.3. The number of benzene rings is 10. The fourth-order valence-electron chi connectivity index (χ4n) is 9.59. The molecule has 11 rings (SSSR count). The van der Waals surface area contributed by atoms with Gasteiger partial charge in [-0.05, 0) is 137 Å². The number of amides is 4. The second-order valence-electron chi connectivity index (χ2n) is 20.1. The van der Waals surface area contributed by atoms with E-state index in [4.69, 9.17) is 0 Å². The van der Waals surface area contributed by atoms with E-state index >= 15 is 0 Å². The summed E-state index contributed by atoms with van der Waals surface area (Å²) in [7, 11) is 0. The van der Waals surface area contributed by atoms with Gasteiger partial charge in [0.15, 0.2) is 0 Å². The van der Waals surface area contributed by atoms with Gasteiger partial charge >= 0.3 is 6.18 Å². The van der Waals surface area contributed by atoms with Gasteiger partial charge in [-0.25, -0.2) is 4.68 Å². The van der Waals surface area contributed by atoms with Gasteiger partial charge in [0, 0.05) is 52.3 Å². The number of aryl methyl sites for hydroxylation is 2.